The maximum absolute atomic E-state index is 13.2. The number of hydrogen-bond acceptors (Lipinski definition) is 14. The first kappa shape index (κ1) is 68.5. The number of nitrogens with one attached hydrogen (secondary N) is 6. The monoisotopic (exact) mass is 1210 g/mol. The normalized spacial score (nSPS) is 22.3. The minimum absolute atomic E-state index is 0.190. The maximum atomic E-state index is 13.2. The molecule has 2 aromatic carbocycles. The standard InChI is InChI=1S/C32H43N5O5.C29H37N5O5.C2H4Cl2/c1-8-11-20(5)29(38)35-28(19(3)4)30(39)33-21(6)31(40)37-17-10-12-26(36-37)32(41)42-22(7)25-16-15-24-14-13-23(9-2)18-27(24)34-25;1-16(2)25-27(36)30-18(4)28(37)34-14-6-7-23(33-34)29(38)39-19(5)22-13-12-21-11-10-20(15-24(21)31-22)9-8-17(3)26(35)32-25;3-1-2-4/h8-9,11,13-16,18-22,26,28,36H,2,10,12,17H2,1,3-7H3,(H,33,39)(H,35,38);8-13,15-19,23,25,33H,6-7,14H2,1-5H3,(H,30,36)(H,32,35);1-2H2/b11-8+;9-8+;/t20-,21-,22+,26-,28-;17-,18-,19+,23-,25-;/m00./s1. The largest absolute Gasteiger partial charge is 0.455 e. The van der Waals surface area contributed by atoms with Gasteiger partial charge in [0.2, 0.25) is 23.6 Å². The van der Waals surface area contributed by atoms with Gasteiger partial charge in [0.25, 0.3) is 11.8 Å². The number of amides is 6. The van der Waals surface area contributed by atoms with E-state index in [1.54, 1.807) is 65.8 Å². The fraction of sp³-hybridized carbons (Fsp3) is 0.492. The van der Waals surface area contributed by atoms with Crippen molar-refractivity contribution in [2.45, 2.75) is 150 Å². The number of hydrogen-bond donors (Lipinski definition) is 6. The predicted octanol–water partition coefficient (Wildman–Crippen LogP) is 7.94. The lowest BCUT2D eigenvalue weighted by atomic mass is 10.0. The summed E-state index contributed by atoms with van der Waals surface area (Å²) in [6, 6.07) is 14.4. The van der Waals surface area contributed by atoms with Crippen molar-refractivity contribution in [3.8, 4) is 0 Å². The van der Waals surface area contributed by atoms with E-state index in [1.165, 1.54) is 10.0 Å². The number of benzene rings is 2. The Balaban J connectivity index is 0.000000293. The molecule has 20 nitrogen and oxygen atoms in total. The first-order valence-electron chi connectivity index (χ1n) is 29.0. The van der Waals surface area contributed by atoms with Gasteiger partial charge in [0, 0.05) is 35.6 Å². The van der Waals surface area contributed by atoms with Gasteiger partial charge in [-0.1, -0.05) is 115 Å². The first-order valence-corrected chi connectivity index (χ1v) is 30.1. The lowest BCUT2D eigenvalue weighted by molar-refractivity contribution is -0.158. The third kappa shape index (κ3) is 19.6. The molecule has 3 aliphatic rings. The lowest BCUT2D eigenvalue weighted by Crippen LogP contribution is -2.61. The van der Waals surface area contributed by atoms with E-state index in [-0.39, 0.29) is 41.4 Å². The Hall–Kier alpha value is -7.26. The molecule has 0 spiro atoms. The summed E-state index contributed by atoms with van der Waals surface area (Å²) in [5.74, 6) is -3.36. The average molecular weight is 1210 g/mol. The number of alkyl halides is 2. The van der Waals surface area contributed by atoms with Gasteiger partial charge in [-0.3, -0.25) is 48.4 Å². The van der Waals surface area contributed by atoms with E-state index in [1.807, 2.05) is 101 Å². The van der Waals surface area contributed by atoms with Gasteiger partial charge in [-0.25, -0.2) is 20.8 Å². The number of aromatic nitrogens is 2. The van der Waals surface area contributed by atoms with Crippen LogP contribution in [-0.2, 0) is 47.8 Å². The molecule has 5 bridgehead atoms. The summed E-state index contributed by atoms with van der Waals surface area (Å²) in [7, 11) is 0. The number of hydrazine groups is 2. The van der Waals surface area contributed by atoms with E-state index in [0.29, 0.717) is 61.9 Å². The van der Waals surface area contributed by atoms with Gasteiger partial charge < -0.3 is 30.7 Å². The van der Waals surface area contributed by atoms with Crippen LogP contribution in [0.4, 0.5) is 0 Å². The summed E-state index contributed by atoms with van der Waals surface area (Å²) in [6.45, 7) is 23.9. The Bertz CT molecular complexity index is 3080. The number of fused-ring (bicyclic) bond motifs is 5. The summed E-state index contributed by atoms with van der Waals surface area (Å²) in [5.41, 5.74) is 10.5. The molecule has 2 aromatic heterocycles. The van der Waals surface area contributed by atoms with Gasteiger partial charge in [0.15, 0.2) is 0 Å². The fourth-order valence-corrected chi connectivity index (χ4v) is 9.40. The Kier molecular flexibility index (Phi) is 26.5. The van der Waals surface area contributed by atoms with Crippen LogP contribution in [0.1, 0.15) is 137 Å². The smallest absolute Gasteiger partial charge is 0.325 e. The minimum Gasteiger partial charge on any atom is -0.455 e. The zero-order valence-corrected chi connectivity index (χ0v) is 52.1. The number of esters is 2. The topological polar surface area (TPSA) is 259 Å². The number of pyridine rings is 2. The highest BCUT2D eigenvalue weighted by molar-refractivity contribution is 6.26. The van der Waals surface area contributed by atoms with Crippen molar-refractivity contribution in [1.29, 1.82) is 0 Å². The van der Waals surface area contributed by atoms with E-state index in [2.05, 4.69) is 43.7 Å². The second-order valence-electron chi connectivity index (χ2n) is 22.1. The summed E-state index contributed by atoms with van der Waals surface area (Å²) in [6.07, 6.45) is 9.88. The number of carbonyl (C=O) groups is 8. The van der Waals surface area contributed by atoms with Crippen molar-refractivity contribution in [3.05, 3.63) is 108 Å². The molecule has 0 saturated carbocycles. The summed E-state index contributed by atoms with van der Waals surface area (Å²) in [5, 5.41) is 15.7. The minimum atomic E-state index is -0.882. The van der Waals surface area contributed by atoms with Crippen LogP contribution in [0.2, 0.25) is 0 Å². The second-order valence-corrected chi connectivity index (χ2v) is 22.9. The molecule has 7 rings (SSSR count). The molecule has 0 radical (unpaired) electrons. The third-order valence-electron chi connectivity index (χ3n) is 14.5. The molecule has 22 heteroatoms. The molecule has 5 heterocycles. The van der Waals surface area contributed by atoms with Gasteiger partial charge in [-0.05, 0) is 108 Å². The zero-order valence-electron chi connectivity index (χ0n) is 50.6. The van der Waals surface area contributed by atoms with Crippen molar-refractivity contribution in [2.24, 2.45) is 23.7 Å². The Morgan fingerprint density at radius 1 is 0.800 bits per heavy atom. The van der Waals surface area contributed by atoms with Crippen LogP contribution in [0.25, 0.3) is 34.0 Å². The van der Waals surface area contributed by atoms with Crippen LogP contribution in [0.15, 0.2) is 85.5 Å². The van der Waals surface area contributed by atoms with Gasteiger partial charge in [0.1, 0.15) is 48.5 Å². The average Bonchev–Trinajstić information content (AvgIpc) is 3.72. The van der Waals surface area contributed by atoms with Crippen molar-refractivity contribution in [2.75, 3.05) is 24.8 Å². The molecule has 0 unspecified atom stereocenters. The zero-order chi connectivity index (χ0) is 62.7. The molecule has 3 aliphatic heterocycles. The summed E-state index contributed by atoms with van der Waals surface area (Å²) in [4.78, 5) is 113. The maximum Gasteiger partial charge on any atom is 0.325 e. The van der Waals surface area contributed by atoms with Crippen molar-refractivity contribution in [1.82, 2.24) is 52.1 Å². The Morgan fingerprint density at radius 2 is 1.46 bits per heavy atom. The SMILES string of the molecule is C=Cc1ccc2ccc([C@@H](C)OC(=O)[C@@H]3CCCN(C(=O)[C@H](C)NC(=O)[C@@H](NC(=O)[C@@H](C)/C=C/C)C(C)C)N3)nc2c1.CC(C)[C@@H]1NC(=O)[C@@H](C)/C=C/c2ccc3ccc(nc3c2)[C@@H](C)OC(=O)[C@@H]2CCCN(N2)C(=O)[C@H](C)NC1=O.ClCCCl. The van der Waals surface area contributed by atoms with E-state index < -0.39 is 78.1 Å². The molecule has 4 aromatic rings. The van der Waals surface area contributed by atoms with Crippen molar-refractivity contribution in [3.63, 3.8) is 0 Å². The fourth-order valence-electron chi connectivity index (χ4n) is 9.40. The third-order valence-corrected chi connectivity index (χ3v) is 15.1. The number of carbonyl (C=O) groups excluding carboxylic acids is 8. The summed E-state index contributed by atoms with van der Waals surface area (Å²) >= 11 is 10.1. The molecule has 460 valence electrons. The van der Waals surface area contributed by atoms with Crippen LogP contribution in [0, 0.1) is 23.7 Å². The molecule has 2 fully saturated rings. The molecule has 0 aliphatic carbocycles. The van der Waals surface area contributed by atoms with Gasteiger partial charge in [-0.15, -0.1) is 23.2 Å². The second kappa shape index (κ2) is 32.9. The Morgan fingerprint density at radius 3 is 2.12 bits per heavy atom. The lowest BCUT2D eigenvalue weighted by Gasteiger charge is -2.35. The van der Waals surface area contributed by atoms with Crippen molar-refractivity contribution >= 4 is 105 Å². The molecule has 6 N–H and O–H groups in total. The molecule has 10 atom stereocenters. The molecular weight excluding hydrogens is 1130 g/mol. The van der Waals surface area contributed by atoms with Crippen LogP contribution < -0.4 is 32.1 Å². The Labute approximate surface area is 509 Å². The highest BCUT2D eigenvalue weighted by Crippen LogP contribution is 2.25. The van der Waals surface area contributed by atoms with E-state index >= 15 is 0 Å². The number of nitrogens with zero attached hydrogens (tertiary/aromatic N) is 4. The predicted molar refractivity (Wildman–Crippen MR) is 331 cm³/mol. The van der Waals surface area contributed by atoms with Crippen LogP contribution in [-0.4, -0.2) is 128 Å². The highest BCUT2D eigenvalue weighted by Gasteiger charge is 2.36. The van der Waals surface area contributed by atoms with Gasteiger partial charge in [0.05, 0.1) is 34.3 Å². The first-order chi connectivity index (χ1) is 40.4. The number of ether oxygens (including phenoxy) is 2. The number of rotatable bonds is 13. The molecule has 6 amide bonds. The number of allylic oxidation sites excluding steroid dienone is 1. The number of halogens is 2. The van der Waals surface area contributed by atoms with Crippen molar-refractivity contribution < 1.29 is 47.8 Å². The molecule has 85 heavy (non-hydrogen) atoms. The van der Waals surface area contributed by atoms with Crippen LogP contribution >= 0.6 is 23.2 Å². The highest BCUT2D eigenvalue weighted by atomic mass is 35.5. The van der Waals surface area contributed by atoms with E-state index in [0.717, 1.165) is 32.9 Å². The van der Waals surface area contributed by atoms with E-state index in [9.17, 15) is 38.4 Å². The summed E-state index contributed by atoms with van der Waals surface area (Å²) < 4.78 is 11.5. The van der Waals surface area contributed by atoms with Gasteiger partial charge >= 0.3 is 11.9 Å². The van der Waals surface area contributed by atoms with Crippen LogP contribution in [0.5, 0.6) is 0 Å². The quantitative estimate of drug-likeness (QED) is 0.0422. The molecular formula is C63H84Cl2N10O10. The molecule has 2 saturated heterocycles. The number of cyclic esters (lactones) is 1. The van der Waals surface area contributed by atoms with E-state index in [4.69, 9.17) is 37.7 Å². The van der Waals surface area contributed by atoms with Crippen LogP contribution in [0.3, 0.4) is 0 Å². The van der Waals surface area contributed by atoms with Gasteiger partial charge in [-0.2, -0.15) is 0 Å².